The van der Waals surface area contributed by atoms with Crippen LogP contribution in [-0.2, 0) is 6.42 Å². The minimum Gasteiger partial charge on any atom is -0.477 e. The number of aromatic carboxylic acids is 1. The fraction of sp³-hybridized carbons (Fsp3) is 0.200. The van der Waals surface area contributed by atoms with Gasteiger partial charge >= 0.3 is 5.97 Å². The maximum atomic E-state index is 11.2. The Hall–Kier alpha value is -1.66. The Balaban J connectivity index is 2.28. The van der Waals surface area contributed by atoms with E-state index in [2.05, 4.69) is 21.0 Å². The molecular weight excluding hydrogens is 352 g/mol. The molecule has 21 heavy (non-hydrogen) atoms. The molecule has 4 nitrogen and oxygen atoms in total. The molecule has 1 aromatic carbocycles. The van der Waals surface area contributed by atoms with Gasteiger partial charge in [-0.05, 0) is 43.2 Å². The van der Waals surface area contributed by atoms with Gasteiger partial charge in [0.1, 0.15) is 9.71 Å². The van der Waals surface area contributed by atoms with Crippen molar-refractivity contribution >= 4 is 43.5 Å². The van der Waals surface area contributed by atoms with Gasteiger partial charge in [-0.15, -0.1) is 11.3 Å². The van der Waals surface area contributed by atoms with Crippen LogP contribution >= 0.6 is 27.3 Å². The highest BCUT2D eigenvalue weighted by Gasteiger charge is 2.18. The summed E-state index contributed by atoms with van der Waals surface area (Å²) in [4.78, 5) is 12.4. The summed E-state index contributed by atoms with van der Waals surface area (Å²) in [5.41, 5.74) is 2.99. The van der Waals surface area contributed by atoms with Crippen LogP contribution in [0.2, 0.25) is 0 Å². The molecule has 0 spiro atoms. The molecule has 3 rings (SSSR count). The van der Waals surface area contributed by atoms with Crippen LogP contribution in [0.4, 0.5) is 0 Å². The summed E-state index contributed by atoms with van der Waals surface area (Å²) in [5, 5.41) is 14.8. The summed E-state index contributed by atoms with van der Waals surface area (Å²) in [7, 11) is 0. The molecule has 0 saturated carbocycles. The Morgan fingerprint density at radius 2 is 2.19 bits per heavy atom. The van der Waals surface area contributed by atoms with Crippen molar-refractivity contribution in [3.8, 4) is 5.69 Å². The number of carboxylic acids is 1. The summed E-state index contributed by atoms with van der Waals surface area (Å²) in [6.07, 6.45) is 0.773. The normalized spacial score (nSPS) is 11.2. The first-order chi connectivity index (χ1) is 10.0. The number of carbonyl (C=O) groups is 1. The molecule has 0 amide bonds. The number of hydrogen-bond donors (Lipinski definition) is 1. The number of aryl methyl sites for hydroxylation is 2. The fourth-order valence-electron chi connectivity index (χ4n) is 2.35. The molecule has 0 unspecified atom stereocenters. The molecule has 0 saturated heterocycles. The van der Waals surface area contributed by atoms with Gasteiger partial charge in [-0.3, -0.25) is 0 Å². The van der Waals surface area contributed by atoms with Crippen LogP contribution in [0.5, 0.6) is 0 Å². The SMILES string of the molecule is CCc1nn(-c2ccc(Br)cc2C)c2sc(C(=O)O)cc12. The van der Waals surface area contributed by atoms with Crippen molar-refractivity contribution in [2.75, 3.05) is 0 Å². The van der Waals surface area contributed by atoms with Crippen molar-refractivity contribution in [1.82, 2.24) is 9.78 Å². The maximum absolute atomic E-state index is 11.2. The average Bonchev–Trinajstić information content (AvgIpc) is 2.98. The van der Waals surface area contributed by atoms with Crippen LogP contribution < -0.4 is 0 Å². The minimum atomic E-state index is -0.891. The van der Waals surface area contributed by atoms with Gasteiger partial charge < -0.3 is 5.11 Å². The van der Waals surface area contributed by atoms with E-state index in [-0.39, 0.29) is 0 Å². The Labute approximate surface area is 134 Å². The first-order valence-corrected chi connectivity index (χ1v) is 8.13. The second kappa shape index (κ2) is 5.27. The predicted octanol–water partition coefficient (Wildman–Crippen LogP) is 4.42. The zero-order chi connectivity index (χ0) is 15.1. The van der Waals surface area contributed by atoms with Crippen LogP contribution in [0.15, 0.2) is 28.7 Å². The lowest BCUT2D eigenvalue weighted by molar-refractivity contribution is 0.0702. The van der Waals surface area contributed by atoms with Crippen molar-refractivity contribution in [3.05, 3.63) is 44.9 Å². The van der Waals surface area contributed by atoms with Crippen LogP contribution in [-0.4, -0.2) is 20.9 Å². The highest BCUT2D eigenvalue weighted by Crippen LogP contribution is 2.32. The minimum absolute atomic E-state index is 0.348. The van der Waals surface area contributed by atoms with Gasteiger partial charge in [0.25, 0.3) is 0 Å². The standard InChI is InChI=1S/C15H13BrN2O2S/c1-3-11-10-7-13(15(19)20)21-14(10)18(17-11)12-5-4-9(16)6-8(12)2/h4-7H,3H2,1-2H3,(H,19,20). The van der Waals surface area contributed by atoms with Crippen molar-refractivity contribution in [3.63, 3.8) is 0 Å². The Morgan fingerprint density at radius 1 is 1.43 bits per heavy atom. The van der Waals surface area contributed by atoms with E-state index in [1.165, 1.54) is 11.3 Å². The lowest BCUT2D eigenvalue weighted by Gasteiger charge is -2.06. The monoisotopic (exact) mass is 364 g/mol. The summed E-state index contributed by atoms with van der Waals surface area (Å²) < 4.78 is 2.87. The quantitative estimate of drug-likeness (QED) is 0.748. The number of fused-ring (bicyclic) bond motifs is 1. The van der Waals surface area contributed by atoms with E-state index in [0.29, 0.717) is 4.88 Å². The van der Waals surface area contributed by atoms with Gasteiger partial charge in [-0.2, -0.15) is 5.10 Å². The number of thiophene rings is 1. The van der Waals surface area contributed by atoms with Gasteiger partial charge in [0, 0.05) is 9.86 Å². The molecular formula is C15H13BrN2O2S. The number of aromatic nitrogens is 2. The van der Waals surface area contributed by atoms with Crippen molar-refractivity contribution < 1.29 is 9.90 Å². The molecule has 2 aromatic heterocycles. The molecule has 0 radical (unpaired) electrons. The van der Waals surface area contributed by atoms with E-state index >= 15 is 0 Å². The van der Waals surface area contributed by atoms with E-state index in [1.54, 1.807) is 6.07 Å². The van der Waals surface area contributed by atoms with Gasteiger partial charge in [0.2, 0.25) is 0 Å². The van der Waals surface area contributed by atoms with Gasteiger partial charge in [-0.25, -0.2) is 9.48 Å². The van der Waals surface area contributed by atoms with Crippen LogP contribution in [0.25, 0.3) is 15.9 Å². The van der Waals surface area contributed by atoms with E-state index in [0.717, 1.165) is 38.1 Å². The third-order valence-corrected chi connectivity index (χ3v) is 4.96. The van der Waals surface area contributed by atoms with E-state index in [9.17, 15) is 9.90 Å². The average molecular weight is 365 g/mol. The molecule has 0 bridgehead atoms. The Morgan fingerprint density at radius 3 is 2.81 bits per heavy atom. The summed E-state index contributed by atoms with van der Waals surface area (Å²) >= 11 is 4.72. The number of carboxylic acid groups (broad SMARTS) is 1. The molecule has 3 aromatic rings. The highest BCUT2D eigenvalue weighted by molar-refractivity contribution is 9.10. The van der Waals surface area contributed by atoms with E-state index in [1.807, 2.05) is 36.7 Å². The number of hydrogen-bond acceptors (Lipinski definition) is 3. The largest absolute Gasteiger partial charge is 0.477 e. The zero-order valence-corrected chi connectivity index (χ0v) is 14.0. The van der Waals surface area contributed by atoms with Gasteiger partial charge in [0.15, 0.2) is 0 Å². The molecule has 0 atom stereocenters. The van der Waals surface area contributed by atoms with Crippen molar-refractivity contribution in [2.45, 2.75) is 20.3 Å². The van der Waals surface area contributed by atoms with Crippen molar-refractivity contribution in [2.24, 2.45) is 0 Å². The van der Waals surface area contributed by atoms with Crippen LogP contribution in [0.1, 0.15) is 27.9 Å². The van der Waals surface area contributed by atoms with Crippen molar-refractivity contribution in [1.29, 1.82) is 0 Å². The number of nitrogens with zero attached hydrogens (tertiary/aromatic N) is 2. The number of rotatable bonds is 3. The molecule has 108 valence electrons. The van der Waals surface area contributed by atoms with Crippen LogP contribution in [0, 0.1) is 6.92 Å². The molecule has 1 N–H and O–H groups in total. The van der Waals surface area contributed by atoms with E-state index < -0.39 is 5.97 Å². The third-order valence-electron chi connectivity index (χ3n) is 3.37. The summed E-state index contributed by atoms with van der Waals surface area (Å²) in [6, 6.07) is 7.71. The summed E-state index contributed by atoms with van der Waals surface area (Å²) in [6.45, 7) is 4.05. The van der Waals surface area contributed by atoms with E-state index in [4.69, 9.17) is 0 Å². The molecule has 0 aliphatic carbocycles. The Kier molecular flexibility index (Phi) is 3.59. The fourth-order valence-corrected chi connectivity index (χ4v) is 3.81. The topological polar surface area (TPSA) is 55.1 Å². The zero-order valence-electron chi connectivity index (χ0n) is 11.6. The predicted molar refractivity (Wildman–Crippen MR) is 87.7 cm³/mol. The molecule has 0 aliphatic rings. The second-order valence-corrected chi connectivity index (χ2v) is 6.72. The summed E-state index contributed by atoms with van der Waals surface area (Å²) in [5.74, 6) is -0.891. The molecule has 2 heterocycles. The number of halogens is 1. The Bertz CT molecular complexity index is 851. The first kappa shape index (κ1) is 14.3. The smallest absolute Gasteiger partial charge is 0.345 e. The lowest BCUT2D eigenvalue weighted by atomic mass is 10.2. The van der Waals surface area contributed by atoms with Crippen LogP contribution in [0.3, 0.4) is 0 Å². The lowest BCUT2D eigenvalue weighted by Crippen LogP contribution is -1.99. The molecule has 6 heteroatoms. The molecule has 0 aliphatic heterocycles. The first-order valence-electron chi connectivity index (χ1n) is 6.52. The highest BCUT2D eigenvalue weighted by atomic mass is 79.9. The second-order valence-electron chi connectivity index (χ2n) is 4.78. The van der Waals surface area contributed by atoms with Gasteiger partial charge in [0.05, 0.1) is 11.4 Å². The molecule has 0 fully saturated rings. The number of benzene rings is 1. The maximum Gasteiger partial charge on any atom is 0.345 e. The third kappa shape index (κ3) is 2.38. The van der Waals surface area contributed by atoms with Gasteiger partial charge in [-0.1, -0.05) is 22.9 Å².